The number of nitrogen functional groups attached to an aromatic ring is 1. The molecule has 2 rings (SSSR count). The number of alkyl halides is 1. The van der Waals surface area contributed by atoms with Gasteiger partial charge in [0.1, 0.15) is 0 Å². The molecular weight excluding hydrogens is 278 g/mol. The van der Waals surface area contributed by atoms with E-state index in [0.717, 1.165) is 11.0 Å². The predicted octanol–water partition coefficient (Wildman–Crippen LogP) is 4.10. The second kappa shape index (κ2) is 4.13. The minimum atomic E-state index is 0.821. The fraction of sp³-hybridized carbons (Fsp3) is 0.200. The zero-order valence-electron chi connectivity index (χ0n) is 7.71. The van der Waals surface area contributed by atoms with Crippen LogP contribution in [-0.4, -0.2) is 6.26 Å². The first kappa shape index (κ1) is 10.3. The van der Waals surface area contributed by atoms with E-state index in [1.165, 1.54) is 19.9 Å². The lowest BCUT2D eigenvalue weighted by Gasteiger charge is -2.00. The number of fused-ring (bicyclic) bond motifs is 1. The maximum absolute atomic E-state index is 5.92. The Morgan fingerprint density at radius 1 is 1.43 bits per heavy atom. The number of hydrogen-bond acceptors (Lipinski definition) is 3. The molecule has 0 saturated carbocycles. The van der Waals surface area contributed by atoms with Crippen molar-refractivity contribution in [2.24, 2.45) is 0 Å². The average molecular weight is 288 g/mol. The first-order valence-corrected chi connectivity index (χ1v) is 7.32. The van der Waals surface area contributed by atoms with Gasteiger partial charge in [-0.05, 0) is 35.4 Å². The SMILES string of the molecule is CSc1cc2cc(N)c(CBr)cc2s1. The van der Waals surface area contributed by atoms with E-state index in [1.807, 2.05) is 11.3 Å². The molecule has 74 valence electrons. The first-order chi connectivity index (χ1) is 6.74. The molecule has 2 N–H and O–H groups in total. The molecule has 0 unspecified atom stereocenters. The summed E-state index contributed by atoms with van der Waals surface area (Å²) in [5, 5.41) is 2.07. The van der Waals surface area contributed by atoms with E-state index < -0.39 is 0 Å². The highest BCUT2D eigenvalue weighted by atomic mass is 79.9. The summed E-state index contributed by atoms with van der Waals surface area (Å²) in [6, 6.07) is 6.42. The van der Waals surface area contributed by atoms with Gasteiger partial charge in [0.05, 0.1) is 4.21 Å². The molecule has 0 radical (unpaired) electrons. The number of nitrogens with two attached hydrogens (primary N) is 1. The third-order valence-electron chi connectivity index (χ3n) is 2.10. The molecule has 1 aromatic heterocycles. The second-order valence-corrected chi connectivity index (χ2v) is 5.74. The Kier molecular flexibility index (Phi) is 3.04. The van der Waals surface area contributed by atoms with Crippen LogP contribution >= 0.6 is 39.0 Å². The highest BCUT2D eigenvalue weighted by Gasteiger charge is 2.04. The zero-order valence-corrected chi connectivity index (χ0v) is 10.9. The van der Waals surface area contributed by atoms with Gasteiger partial charge in [-0.25, -0.2) is 0 Å². The highest BCUT2D eigenvalue weighted by molar-refractivity contribution is 9.08. The minimum absolute atomic E-state index is 0.821. The van der Waals surface area contributed by atoms with Crippen LogP contribution in [0.15, 0.2) is 22.4 Å². The summed E-state index contributed by atoms with van der Waals surface area (Å²) in [5.74, 6) is 0. The van der Waals surface area contributed by atoms with Crippen molar-refractivity contribution in [3.05, 3.63) is 23.8 Å². The largest absolute Gasteiger partial charge is 0.398 e. The average Bonchev–Trinajstić information content (AvgIpc) is 2.58. The molecule has 0 fully saturated rings. The first-order valence-electron chi connectivity index (χ1n) is 4.16. The summed E-state index contributed by atoms with van der Waals surface area (Å²) >= 11 is 7.04. The molecule has 0 atom stereocenters. The lowest BCUT2D eigenvalue weighted by molar-refractivity contribution is 1.47. The van der Waals surface area contributed by atoms with Crippen LogP contribution in [0.3, 0.4) is 0 Å². The molecule has 1 nitrogen and oxygen atoms in total. The van der Waals surface area contributed by atoms with E-state index in [0.29, 0.717) is 0 Å². The molecule has 1 heterocycles. The number of thioether (sulfide) groups is 1. The lowest BCUT2D eigenvalue weighted by Crippen LogP contribution is -1.90. The standard InChI is InChI=1S/C10H10BrNS2/c1-13-10-4-6-2-8(12)7(5-11)3-9(6)14-10/h2-4H,5,12H2,1H3. The van der Waals surface area contributed by atoms with Crippen LogP contribution in [0.2, 0.25) is 0 Å². The molecule has 0 spiro atoms. The third-order valence-corrected chi connectivity index (χ3v) is 4.87. The second-order valence-electron chi connectivity index (χ2n) is 2.99. The van der Waals surface area contributed by atoms with Crippen LogP contribution < -0.4 is 5.73 Å². The van der Waals surface area contributed by atoms with Crippen molar-refractivity contribution in [3.63, 3.8) is 0 Å². The molecule has 0 aliphatic heterocycles. The van der Waals surface area contributed by atoms with E-state index in [4.69, 9.17) is 5.73 Å². The van der Waals surface area contributed by atoms with Gasteiger partial charge in [-0.15, -0.1) is 23.1 Å². The molecule has 0 bridgehead atoms. The fourth-order valence-corrected chi connectivity index (χ4v) is 3.51. The Bertz CT molecular complexity index is 464. The Hall–Kier alpha value is -0.190. The van der Waals surface area contributed by atoms with Gasteiger partial charge in [-0.2, -0.15) is 0 Å². The fourth-order valence-electron chi connectivity index (χ4n) is 1.34. The van der Waals surface area contributed by atoms with Crippen molar-refractivity contribution in [2.45, 2.75) is 9.54 Å². The van der Waals surface area contributed by atoms with Crippen LogP contribution in [-0.2, 0) is 5.33 Å². The number of hydrogen-bond donors (Lipinski definition) is 1. The Labute approximate surface area is 99.8 Å². The van der Waals surface area contributed by atoms with E-state index in [-0.39, 0.29) is 0 Å². The van der Waals surface area contributed by atoms with Gasteiger partial charge >= 0.3 is 0 Å². The van der Waals surface area contributed by atoms with Crippen molar-refractivity contribution in [3.8, 4) is 0 Å². The molecule has 0 amide bonds. The highest BCUT2D eigenvalue weighted by Crippen LogP contribution is 2.34. The van der Waals surface area contributed by atoms with E-state index in [9.17, 15) is 0 Å². The van der Waals surface area contributed by atoms with Crippen LogP contribution in [0.25, 0.3) is 10.1 Å². The molecule has 4 heteroatoms. The smallest absolute Gasteiger partial charge is 0.0608 e. The summed E-state index contributed by atoms with van der Waals surface area (Å²) in [5.41, 5.74) is 7.96. The van der Waals surface area contributed by atoms with Crippen molar-refractivity contribution in [1.82, 2.24) is 0 Å². The zero-order chi connectivity index (χ0) is 10.1. The predicted molar refractivity (Wildman–Crippen MR) is 70.6 cm³/mol. The molecule has 0 aliphatic rings. The minimum Gasteiger partial charge on any atom is -0.398 e. The topological polar surface area (TPSA) is 26.0 Å². The van der Waals surface area contributed by atoms with Crippen molar-refractivity contribution in [2.75, 3.05) is 12.0 Å². The van der Waals surface area contributed by atoms with Crippen LogP contribution in [0.1, 0.15) is 5.56 Å². The van der Waals surface area contributed by atoms with Crippen molar-refractivity contribution >= 4 is 54.8 Å². The Morgan fingerprint density at radius 3 is 2.86 bits per heavy atom. The maximum Gasteiger partial charge on any atom is 0.0608 e. The monoisotopic (exact) mass is 287 g/mol. The maximum atomic E-state index is 5.92. The van der Waals surface area contributed by atoms with Gasteiger partial charge in [-0.3, -0.25) is 0 Å². The van der Waals surface area contributed by atoms with Gasteiger partial charge in [0, 0.05) is 15.7 Å². The quantitative estimate of drug-likeness (QED) is 0.511. The van der Waals surface area contributed by atoms with Crippen LogP contribution in [0.5, 0.6) is 0 Å². The van der Waals surface area contributed by atoms with Gasteiger partial charge < -0.3 is 5.73 Å². The normalized spacial score (nSPS) is 11.0. The number of benzene rings is 1. The van der Waals surface area contributed by atoms with Crippen LogP contribution in [0, 0.1) is 0 Å². The summed E-state index contributed by atoms with van der Waals surface area (Å²) in [7, 11) is 0. The summed E-state index contributed by atoms with van der Waals surface area (Å²) in [6.07, 6.45) is 2.10. The summed E-state index contributed by atoms with van der Waals surface area (Å²) < 4.78 is 2.66. The lowest BCUT2D eigenvalue weighted by atomic mass is 10.1. The van der Waals surface area contributed by atoms with Gasteiger partial charge in [0.25, 0.3) is 0 Å². The summed E-state index contributed by atoms with van der Waals surface area (Å²) in [6.45, 7) is 0. The molecular formula is C10H10BrNS2. The van der Waals surface area contributed by atoms with Crippen molar-refractivity contribution in [1.29, 1.82) is 0 Å². The number of anilines is 1. The van der Waals surface area contributed by atoms with Gasteiger partial charge in [0.2, 0.25) is 0 Å². The van der Waals surface area contributed by atoms with Crippen molar-refractivity contribution < 1.29 is 0 Å². The Balaban J connectivity index is 2.64. The molecule has 14 heavy (non-hydrogen) atoms. The van der Waals surface area contributed by atoms with E-state index in [1.54, 1.807) is 11.8 Å². The molecule has 0 aliphatic carbocycles. The third kappa shape index (κ3) is 1.78. The molecule has 2 aromatic rings. The Morgan fingerprint density at radius 2 is 2.21 bits per heavy atom. The number of halogens is 1. The molecule has 0 saturated heterocycles. The summed E-state index contributed by atoms with van der Waals surface area (Å²) in [4.78, 5) is 0. The van der Waals surface area contributed by atoms with E-state index >= 15 is 0 Å². The number of rotatable bonds is 2. The number of thiophene rings is 1. The van der Waals surface area contributed by atoms with Crippen LogP contribution in [0.4, 0.5) is 5.69 Å². The van der Waals surface area contributed by atoms with Gasteiger partial charge in [-0.1, -0.05) is 15.9 Å². The van der Waals surface area contributed by atoms with E-state index in [2.05, 4.69) is 40.4 Å². The van der Waals surface area contributed by atoms with Gasteiger partial charge in [0.15, 0.2) is 0 Å². The molecule has 1 aromatic carbocycles.